The SMILES string of the molecule is CSc1ccccc1C(=O)NCc1c(C)ncc2c1CCN(C(=O)[C@H](CC(C)C)NC(C)=O)C2. The summed E-state index contributed by atoms with van der Waals surface area (Å²) in [4.78, 5) is 45.0. The summed E-state index contributed by atoms with van der Waals surface area (Å²) in [5.41, 5.74) is 4.70. The standard InChI is InChI=1S/C26H34N4O3S/c1-16(2)12-23(29-18(4)31)26(33)30-11-10-20-19(15-30)13-27-17(3)22(20)14-28-25(32)21-8-6-7-9-24(21)34-5/h6-9,13,16,23H,10-12,14-15H2,1-5H3,(H,28,32)(H,29,31)/t23-/m0/s1. The monoisotopic (exact) mass is 482 g/mol. The summed E-state index contributed by atoms with van der Waals surface area (Å²) < 4.78 is 0. The van der Waals surface area contributed by atoms with Gasteiger partial charge in [0.2, 0.25) is 11.8 Å². The molecule has 2 heterocycles. The number of fused-ring (bicyclic) bond motifs is 1. The lowest BCUT2D eigenvalue weighted by Crippen LogP contribution is -2.50. The van der Waals surface area contributed by atoms with Crippen molar-refractivity contribution in [2.24, 2.45) is 5.92 Å². The molecule has 0 bridgehead atoms. The van der Waals surface area contributed by atoms with Crippen molar-refractivity contribution in [3.05, 3.63) is 58.4 Å². The number of pyridine rings is 1. The molecule has 8 heteroatoms. The third-order valence-electron chi connectivity index (χ3n) is 6.07. The summed E-state index contributed by atoms with van der Waals surface area (Å²) in [5, 5.41) is 5.87. The largest absolute Gasteiger partial charge is 0.348 e. The predicted octanol–water partition coefficient (Wildman–Crippen LogP) is 3.48. The molecule has 1 aromatic heterocycles. The molecule has 2 N–H and O–H groups in total. The van der Waals surface area contributed by atoms with E-state index in [1.807, 2.05) is 57.5 Å². The van der Waals surface area contributed by atoms with Crippen LogP contribution in [0.3, 0.4) is 0 Å². The highest BCUT2D eigenvalue weighted by Crippen LogP contribution is 2.25. The Hall–Kier alpha value is -2.87. The van der Waals surface area contributed by atoms with Crippen LogP contribution in [0, 0.1) is 12.8 Å². The van der Waals surface area contributed by atoms with Gasteiger partial charge in [-0.05, 0) is 60.8 Å². The molecular weight excluding hydrogens is 448 g/mol. The second kappa shape index (κ2) is 11.5. The number of hydrogen-bond acceptors (Lipinski definition) is 5. The van der Waals surface area contributed by atoms with E-state index in [-0.39, 0.29) is 23.6 Å². The number of benzene rings is 1. The Kier molecular flexibility index (Phi) is 8.72. The molecule has 0 radical (unpaired) electrons. The Morgan fingerprint density at radius 2 is 1.94 bits per heavy atom. The average Bonchev–Trinajstić information content (AvgIpc) is 2.81. The van der Waals surface area contributed by atoms with E-state index < -0.39 is 6.04 Å². The number of hydrogen-bond donors (Lipinski definition) is 2. The number of nitrogens with one attached hydrogen (secondary N) is 2. The molecule has 182 valence electrons. The van der Waals surface area contributed by atoms with Gasteiger partial charge < -0.3 is 15.5 Å². The van der Waals surface area contributed by atoms with Gasteiger partial charge in [-0.15, -0.1) is 11.8 Å². The van der Waals surface area contributed by atoms with Crippen molar-refractivity contribution in [1.29, 1.82) is 0 Å². The van der Waals surface area contributed by atoms with E-state index in [9.17, 15) is 14.4 Å². The van der Waals surface area contributed by atoms with Gasteiger partial charge in [0.1, 0.15) is 6.04 Å². The zero-order chi connectivity index (χ0) is 24.8. The molecule has 0 fully saturated rings. The summed E-state index contributed by atoms with van der Waals surface area (Å²) >= 11 is 1.55. The van der Waals surface area contributed by atoms with Gasteiger partial charge >= 0.3 is 0 Å². The summed E-state index contributed by atoms with van der Waals surface area (Å²) in [6.45, 7) is 8.88. The maximum Gasteiger partial charge on any atom is 0.252 e. The first-order valence-electron chi connectivity index (χ1n) is 11.6. The molecule has 1 aliphatic heterocycles. The minimum atomic E-state index is -0.521. The van der Waals surface area contributed by atoms with Crippen LogP contribution in [0.25, 0.3) is 0 Å². The van der Waals surface area contributed by atoms with Crippen molar-refractivity contribution >= 4 is 29.5 Å². The maximum atomic E-state index is 13.2. The predicted molar refractivity (Wildman–Crippen MR) is 135 cm³/mol. The fraction of sp³-hybridized carbons (Fsp3) is 0.462. The van der Waals surface area contributed by atoms with Crippen LogP contribution >= 0.6 is 11.8 Å². The molecule has 34 heavy (non-hydrogen) atoms. The lowest BCUT2D eigenvalue weighted by Gasteiger charge is -2.33. The minimum Gasteiger partial charge on any atom is -0.348 e. The quantitative estimate of drug-likeness (QED) is 0.562. The summed E-state index contributed by atoms with van der Waals surface area (Å²) in [5.74, 6) is -0.0801. The molecule has 0 unspecified atom stereocenters. The van der Waals surface area contributed by atoms with E-state index in [1.165, 1.54) is 6.92 Å². The van der Waals surface area contributed by atoms with Gasteiger partial charge in [-0.3, -0.25) is 19.4 Å². The molecule has 0 aliphatic carbocycles. The number of aromatic nitrogens is 1. The number of amides is 3. The van der Waals surface area contributed by atoms with Crippen LogP contribution in [0.15, 0.2) is 35.4 Å². The average molecular weight is 483 g/mol. The van der Waals surface area contributed by atoms with E-state index in [4.69, 9.17) is 0 Å². The van der Waals surface area contributed by atoms with Gasteiger partial charge in [0.05, 0.1) is 5.56 Å². The maximum absolute atomic E-state index is 13.2. The molecule has 0 spiro atoms. The van der Waals surface area contributed by atoms with E-state index in [1.54, 1.807) is 16.7 Å². The van der Waals surface area contributed by atoms with Crippen molar-refractivity contribution < 1.29 is 14.4 Å². The van der Waals surface area contributed by atoms with Crippen molar-refractivity contribution in [3.8, 4) is 0 Å². The topological polar surface area (TPSA) is 91.4 Å². The van der Waals surface area contributed by atoms with Gasteiger partial charge in [0.15, 0.2) is 0 Å². The lowest BCUT2D eigenvalue weighted by molar-refractivity contribution is -0.137. The molecule has 7 nitrogen and oxygen atoms in total. The highest BCUT2D eigenvalue weighted by molar-refractivity contribution is 7.98. The van der Waals surface area contributed by atoms with E-state index in [2.05, 4.69) is 15.6 Å². The highest BCUT2D eigenvalue weighted by atomic mass is 32.2. The first-order valence-corrected chi connectivity index (χ1v) is 12.9. The molecule has 3 rings (SSSR count). The molecule has 0 saturated carbocycles. The molecule has 1 aliphatic rings. The van der Waals surface area contributed by atoms with Crippen LogP contribution in [-0.2, 0) is 29.1 Å². The fourth-order valence-corrected chi connectivity index (χ4v) is 4.99. The van der Waals surface area contributed by atoms with Crippen LogP contribution < -0.4 is 10.6 Å². The molecular formula is C26H34N4O3S. The Morgan fingerprint density at radius 1 is 1.21 bits per heavy atom. The third-order valence-corrected chi connectivity index (χ3v) is 6.86. The van der Waals surface area contributed by atoms with Crippen molar-refractivity contribution in [2.75, 3.05) is 12.8 Å². The normalized spacial score (nSPS) is 13.9. The zero-order valence-corrected chi connectivity index (χ0v) is 21.4. The van der Waals surface area contributed by atoms with E-state index in [0.29, 0.717) is 38.0 Å². The highest BCUT2D eigenvalue weighted by Gasteiger charge is 2.30. The number of nitrogens with zero attached hydrogens (tertiary/aromatic N) is 2. The van der Waals surface area contributed by atoms with Crippen LogP contribution in [0.2, 0.25) is 0 Å². The minimum absolute atomic E-state index is 0.0568. The first kappa shape index (κ1) is 25.7. The second-order valence-electron chi connectivity index (χ2n) is 9.10. The number of rotatable bonds is 8. The Morgan fingerprint density at radius 3 is 2.62 bits per heavy atom. The molecule has 1 atom stereocenters. The molecule has 3 amide bonds. The van der Waals surface area contributed by atoms with Crippen molar-refractivity contribution in [2.45, 2.75) is 64.6 Å². The van der Waals surface area contributed by atoms with Crippen LogP contribution in [0.5, 0.6) is 0 Å². The van der Waals surface area contributed by atoms with Gasteiger partial charge in [-0.25, -0.2) is 0 Å². The molecule has 1 aromatic carbocycles. The summed E-state index contributed by atoms with van der Waals surface area (Å²) in [6.07, 6.45) is 5.07. The Balaban J connectivity index is 1.75. The van der Waals surface area contributed by atoms with Crippen molar-refractivity contribution in [3.63, 3.8) is 0 Å². The fourth-order valence-electron chi connectivity index (χ4n) is 4.40. The smallest absolute Gasteiger partial charge is 0.252 e. The molecule has 0 saturated heterocycles. The number of carbonyl (C=O) groups excluding carboxylic acids is 3. The third kappa shape index (κ3) is 6.17. The molecule has 2 aromatic rings. The lowest BCUT2D eigenvalue weighted by atomic mass is 9.93. The number of carbonyl (C=O) groups is 3. The summed E-state index contributed by atoms with van der Waals surface area (Å²) in [6, 6.07) is 7.04. The van der Waals surface area contributed by atoms with Crippen LogP contribution in [0.4, 0.5) is 0 Å². The van der Waals surface area contributed by atoms with Crippen molar-refractivity contribution in [1.82, 2.24) is 20.5 Å². The van der Waals surface area contributed by atoms with Crippen LogP contribution in [0.1, 0.15) is 59.9 Å². The number of aryl methyl sites for hydroxylation is 1. The van der Waals surface area contributed by atoms with Gasteiger partial charge in [0.25, 0.3) is 5.91 Å². The van der Waals surface area contributed by atoms with Gasteiger partial charge in [0, 0.05) is 43.3 Å². The van der Waals surface area contributed by atoms with E-state index in [0.717, 1.165) is 27.3 Å². The first-order chi connectivity index (χ1) is 16.2. The van der Waals surface area contributed by atoms with E-state index >= 15 is 0 Å². The number of thioether (sulfide) groups is 1. The zero-order valence-electron chi connectivity index (χ0n) is 20.6. The Bertz CT molecular complexity index is 1070. The summed E-state index contributed by atoms with van der Waals surface area (Å²) in [7, 11) is 0. The Labute approximate surface area is 206 Å². The van der Waals surface area contributed by atoms with Gasteiger partial charge in [-0.1, -0.05) is 26.0 Å². The van der Waals surface area contributed by atoms with Gasteiger partial charge in [-0.2, -0.15) is 0 Å². The van der Waals surface area contributed by atoms with Crippen LogP contribution in [-0.4, -0.2) is 46.4 Å². The second-order valence-corrected chi connectivity index (χ2v) is 9.95.